The molecule has 0 aliphatic heterocycles. The lowest BCUT2D eigenvalue weighted by Crippen LogP contribution is -2.12. The van der Waals surface area contributed by atoms with Crippen LogP contribution < -0.4 is 11.5 Å². The molecule has 5 rings (SSSR count). The van der Waals surface area contributed by atoms with Crippen LogP contribution in [-0.4, -0.2) is 30.8 Å². The van der Waals surface area contributed by atoms with Crippen molar-refractivity contribution >= 4 is 33.7 Å². The van der Waals surface area contributed by atoms with Gasteiger partial charge in [0.2, 0.25) is 0 Å². The van der Waals surface area contributed by atoms with Crippen LogP contribution in [-0.2, 0) is 26.9 Å². The monoisotopic (exact) mass is 450 g/mol. The van der Waals surface area contributed by atoms with E-state index in [1.54, 1.807) is 0 Å². The van der Waals surface area contributed by atoms with Crippen molar-refractivity contribution in [1.82, 2.24) is 19.1 Å². The van der Waals surface area contributed by atoms with E-state index in [4.69, 9.17) is 32.3 Å². The Balaban J connectivity index is 1.49. The zero-order valence-electron chi connectivity index (χ0n) is 19.1. The number of benzene rings is 3. The molecule has 0 unspecified atom stereocenters. The topological polar surface area (TPSA) is 135 Å². The fourth-order valence-corrected chi connectivity index (χ4v) is 4.44. The summed E-state index contributed by atoms with van der Waals surface area (Å²) in [5.41, 5.74) is 18.9. The molecule has 2 aromatic heterocycles. The van der Waals surface area contributed by atoms with E-state index in [2.05, 4.69) is 33.4 Å². The minimum atomic E-state index is 0.142. The molecule has 0 atom stereocenters. The van der Waals surface area contributed by atoms with Crippen LogP contribution in [0.4, 0.5) is 0 Å². The fourth-order valence-electron chi connectivity index (χ4n) is 4.44. The average Bonchev–Trinajstić information content (AvgIpc) is 3.29. The standard InChI is InChI=1S/C26H26N8/c1-33-21-9-3-15(13-23(27)28)11-19(21)31-25(33)17-5-7-18(8-6-17)26-32-20-12-16(14-24(29)30)4-10-22(20)34(26)2/h3-12H,13-14H2,1-2H3,(H3,27,28)(H3,29,30). The second-order valence-electron chi connectivity index (χ2n) is 8.62. The quantitative estimate of drug-likeness (QED) is 0.231. The van der Waals surface area contributed by atoms with Gasteiger partial charge in [-0.3, -0.25) is 10.8 Å². The van der Waals surface area contributed by atoms with Gasteiger partial charge in [0.25, 0.3) is 0 Å². The summed E-state index contributed by atoms with van der Waals surface area (Å²) in [5, 5.41) is 15.1. The summed E-state index contributed by atoms with van der Waals surface area (Å²) in [7, 11) is 4.01. The molecule has 34 heavy (non-hydrogen) atoms. The molecule has 0 bridgehead atoms. The van der Waals surface area contributed by atoms with E-state index in [-0.39, 0.29) is 11.7 Å². The number of nitrogens with one attached hydrogen (secondary N) is 2. The first-order valence-corrected chi connectivity index (χ1v) is 11.0. The van der Waals surface area contributed by atoms with E-state index < -0.39 is 0 Å². The van der Waals surface area contributed by atoms with Crippen molar-refractivity contribution in [2.45, 2.75) is 12.8 Å². The van der Waals surface area contributed by atoms with Crippen LogP contribution in [0.25, 0.3) is 44.8 Å². The molecule has 2 heterocycles. The first kappa shape index (κ1) is 21.4. The number of rotatable bonds is 6. The molecule has 3 aromatic carbocycles. The number of imidazole rings is 2. The number of nitrogens with zero attached hydrogens (tertiary/aromatic N) is 4. The van der Waals surface area contributed by atoms with E-state index in [1.165, 1.54) is 0 Å². The number of hydrogen-bond acceptors (Lipinski definition) is 4. The van der Waals surface area contributed by atoms with Gasteiger partial charge >= 0.3 is 0 Å². The van der Waals surface area contributed by atoms with Crippen LogP contribution in [0.5, 0.6) is 0 Å². The summed E-state index contributed by atoms with van der Waals surface area (Å²) >= 11 is 0. The van der Waals surface area contributed by atoms with Crippen molar-refractivity contribution in [2.75, 3.05) is 0 Å². The van der Waals surface area contributed by atoms with Gasteiger partial charge in [0.05, 0.1) is 33.7 Å². The molecule has 0 aliphatic carbocycles. The Morgan fingerprint density at radius 3 is 1.41 bits per heavy atom. The predicted molar refractivity (Wildman–Crippen MR) is 137 cm³/mol. The van der Waals surface area contributed by atoms with Crippen molar-refractivity contribution in [3.63, 3.8) is 0 Å². The molecular formula is C26H26N8. The molecule has 0 radical (unpaired) electrons. The van der Waals surface area contributed by atoms with Gasteiger partial charge in [-0.15, -0.1) is 0 Å². The summed E-state index contributed by atoms with van der Waals surface area (Å²) in [4.78, 5) is 9.68. The Morgan fingerprint density at radius 2 is 1.06 bits per heavy atom. The number of amidine groups is 2. The molecule has 170 valence electrons. The molecule has 5 aromatic rings. The van der Waals surface area contributed by atoms with Gasteiger partial charge < -0.3 is 20.6 Å². The third kappa shape index (κ3) is 3.79. The Hall–Kier alpha value is -4.46. The normalized spacial score (nSPS) is 11.4. The molecule has 0 fully saturated rings. The molecule has 0 saturated carbocycles. The van der Waals surface area contributed by atoms with Gasteiger partial charge in [0, 0.05) is 38.1 Å². The van der Waals surface area contributed by atoms with Crippen LogP contribution in [0, 0.1) is 10.8 Å². The van der Waals surface area contributed by atoms with Crippen molar-refractivity contribution in [3.8, 4) is 22.8 Å². The van der Waals surface area contributed by atoms with Crippen molar-refractivity contribution in [3.05, 3.63) is 71.8 Å². The number of aromatic nitrogens is 4. The highest BCUT2D eigenvalue weighted by Crippen LogP contribution is 2.29. The van der Waals surface area contributed by atoms with E-state index in [1.807, 2.05) is 50.5 Å². The third-order valence-electron chi connectivity index (χ3n) is 6.08. The van der Waals surface area contributed by atoms with Crippen LogP contribution in [0.2, 0.25) is 0 Å². The van der Waals surface area contributed by atoms with E-state index in [0.29, 0.717) is 12.8 Å². The lowest BCUT2D eigenvalue weighted by molar-refractivity contribution is 0.955. The van der Waals surface area contributed by atoms with Crippen molar-refractivity contribution < 1.29 is 0 Å². The number of aryl methyl sites for hydroxylation is 2. The van der Waals surface area contributed by atoms with Crippen LogP contribution >= 0.6 is 0 Å². The van der Waals surface area contributed by atoms with Gasteiger partial charge in [-0.1, -0.05) is 36.4 Å². The molecule has 0 saturated heterocycles. The van der Waals surface area contributed by atoms with E-state index >= 15 is 0 Å². The summed E-state index contributed by atoms with van der Waals surface area (Å²) in [6.45, 7) is 0. The first-order valence-electron chi connectivity index (χ1n) is 11.0. The summed E-state index contributed by atoms with van der Waals surface area (Å²) < 4.78 is 4.15. The maximum absolute atomic E-state index is 7.53. The SMILES string of the molecule is Cn1c(-c2ccc(-c3nc4cc(CC(=N)N)ccc4n3C)cc2)nc2cc(CC(=N)N)ccc21. The lowest BCUT2D eigenvalue weighted by atomic mass is 10.1. The highest BCUT2D eigenvalue weighted by atomic mass is 15.1. The van der Waals surface area contributed by atoms with Gasteiger partial charge in [-0.25, -0.2) is 9.97 Å². The Morgan fingerprint density at radius 1 is 0.676 bits per heavy atom. The summed E-state index contributed by atoms with van der Waals surface area (Å²) in [5.74, 6) is 2.03. The van der Waals surface area contributed by atoms with Crippen LogP contribution in [0.15, 0.2) is 60.7 Å². The molecule has 8 nitrogen and oxygen atoms in total. The molecule has 6 N–H and O–H groups in total. The van der Waals surface area contributed by atoms with Gasteiger partial charge in [0.1, 0.15) is 11.6 Å². The largest absolute Gasteiger partial charge is 0.387 e. The summed E-state index contributed by atoms with van der Waals surface area (Å²) in [6.07, 6.45) is 0.843. The van der Waals surface area contributed by atoms with Crippen molar-refractivity contribution in [1.29, 1.82) is 10.8 Å². The second kappa shape index (κ2) is 8.15. The van der Waals surface area contributed by atoms with Crippen LogP contribution in [0.3, 0.4) is 0 Å². The fraction of sp³-hybridized carbons (Fsp3) is 0.154. The highest BCUT2D eigenvalue weighted by molar-refractivity contribution is 5.86. The smallest absolute Gasteiger partial charge is 0.140 e. The zero-order valence-corrected chi connectivity index (χ0v) is 19.1. The maximum atomic E-state index is 7.53. The Kier molecular flexibility index (Phi) is 5.13. The Labute approximate surface area is 196 Å². The predicted octanol–water partition coefficient (Wildman–Crippen LogP) is 3.75. The molecule has 0 spiro atoms. The third-order valence-corrected chi connectivity index (χ3v) is 6.08. The zero-order chi connectivity index (χ0) is 24.0. The molecule has 0 amide bonds. The maximum Gasteiger partial charge on any atom is 0.140 e. The number of fused-ring (bicyclic) bond motifs is 2. The molecular weight excluding hydrogens is 424 g/mol. The number of nitrogens with two attached hydrogens (primary N) is 2. The second-order valence-corrected chi connectivity index (χ2v) is 8.62. The molecule has 8 heteroatoms. The van der Waals surface area contributed by atoms with Crippen molar-refractivity contribution in [2.24, 2.45) is 25.6 Å². The average molecular weight is 451 g/mol. The Bertz CT molecular complexity index is 1450. The van der Waals surface area contributed by atoms with E-state index in [9.17, 15) is 0 Å². The van der Waals surface area contributed by atoms with Gasteiger partial charge in [-0.05, 0) is 35.4 Å². The highest BCUT2D eigenvalue weighted by Gasteiger charge is 2.14. The number of hydrogen-bond donors (Lipinski definition) is 4. The summed E-state index contributed by atoms with van der Waals surface area (Å²) in [6, 6.07) is 20.3. The molecule has 0 aliphatic rings. The minimum Gasteiger partial charge on any atom is -0.387 e. The van der Waals surface area contributed by atoms with Gasteiger partial charge in [-0.2, -0.15) is 0 Å². The first-order chi connectivity index (χ1) is 16.3. The van der Waals surface area contributed by atoms with Gasteiger partial charge in [0.15, 0.2) is 0 Å². The van der Waals surface area contributed by atoms with E-state index in [0.717, 1.165) is 56.0 Å². The van der Waals surface area contributed by atoms with Crippen LogP contribution in [0.1, 0.15) is 11.1 Å². The lowest BCUT2D eigenvalue weighted by Gasteiger charge is -2.06. The minimum absolute atomic E-state index is 0.142.